The first-order valence-electron chi connectivity index (χ1n) is 8.95. The predicted octanol–water partition coefficient (Wildman–Crippen LogP) is 3.67. The Morgan fingerprint density at radius 3 is 2.29 bits per heavy atom. The van der Waals surface area contributed by atoms with Gasteiger partial charge in [-0.1, -0.05) is 18.6 Å². The average molecular weight is 400 g/mol. The van der Waals surface area contributed by atoms with Crippen molar-refractivity contribution in [3.63, 3.8) is 0 Å². The second-order valence-corrected chi connectivity index (χ2v) is 8.44. The third kappa shape index (κ3) is 4.35. The van der Waals surface area contributed by atoms with E-state index in [0.717, 1.165) is 19.3 Å². The van der Waals surface area contributed by atoms with E-state index in [0.29, 0.717) is 24.2 Å². The Morgan fingerprint density at radius 1 is 1.00 bits per heavy atom. The molecule has 0 spiro atoms. The van der Waals surface area contributed by atoms with Crippen LogP contribution in [0.5, 0.6) is 0 Å². The van der Waals surface area contributed by atoms with Gasteiger partial charge in [0.25, 0.3) is 5.69 Å². The molecule has 0 bridgehead atoms. The molecule has 8 heteroatoms. The Balaban J connectivity index is 1.76. The highest BCUT2D eigenvalue weighted by Gasteiger charge is 2.25. The van der Waals surface area contributed by atoms with E-state index >= 15 is 0 Å². The minimum atomic E-state index is -3.55. The maximum atomic E-state index is 12.6. The lowest BCUT2D eigenvalue weighted by Gasteiger charge is -2.25. The molecule has 0 aromatic heterocycles. The molecule has 28 heavy (non-hydrogen) atoms. The fourth-order valence-electron chi connectivity index (χ4n) is 3.10. The monoisotopic (exact) mass is 400 g/mol. The Labute approximate surface area is 163 Å². The molecular formula is C20H20N2O5S. The van der Waals surface area contributed by atoms with Crippen LogP contribution in [0.3, 0.4) is 0 Å². The summed E-state index contributed by atoms with van der Waals surface area (Å²) in [4.78, 5) is 23.0. The van der Waals surface area contributed by atoms with Gasteiger partial charge in [-0.3, -0.25) is 14.9 Å². The van der Waals surface area contributed by atoms with Crippen molar-refractivity contribution in [3.8, 4) is 0 Å². The molecule has 1 aliphatic heterocycles. The Kier molecular flexibility index (Phi) is 6.01. The number of nitro benzene ring substituents is 1. The zero-order valence-corrected chi connectivity index (χ0v) is 16.0. The molecule has 7 nitrogen and oxygen atoms in total. The molecule has 0 amide bonds. The van der Waals surface area contributed by atoms with Crippen LogP contribution in [0.2, 0.25) is 0 Å². The zero-order chi connectivity index (χ0) is 20.1. The highest BCUT2D eigenvalue weighted by Crippen LogP contribution is 2.22. The number of allylic oxidation sites excluding steroid dienone is 1. The molecule has 2 aromatic rings. The second-order valence-electron chi connectivity index (χ2n) is 6.50. The van der Waals surface area contributed by atoms with Crippen LogP contribution in [0.15, 0.2) is 59.5 Å². The number of ketones is 1. The normalized spacial score (nSPS) is 15.6. The lowest BCUT2D eigenvalue weighted by molar-refractivity contribution is -0.385. The van der Waals surface area contributed by atoms with Gasteiger partial charge in [0, 0.05) is 24.7 Å². The standard InChI is InChI=1S/C20H20N2O5S/c23-20(13-10-16-6-2-3-7-19(16)22(24)25)17-8-11-18(12-9-17)28(26,27)21-14-4-1-5-15-21/h2-3,6-13H,1,4-5,14-15H2/b13-10+. The van der Waals surface area contributed by atoms with Crippen LogP contribution in [-0.4, -0.2) is 36.5 Å². The van der Waals surface area contributed by atoms with E-state index in [-0.39, 0.29) is 16.4 Å². The van der Waals surface area contributed by atoms with E-state index in [1.807, 2.05) is 0 Å². The minimum absolute atomic E-state index is 0.0884. The van der Waals surface area contributed by atoms with Crippen LogP contribution in [0.25, 0.3) is 6.08 Å². The van der Waals surface area contributed by atoms with Crippen molar-refractivity contribution in [3.05, 3.63) is 75.8 Å². The van der Waals surface area contributed by atoms with E-state index in [4.69, 9.17) is 0 Å². The summed E-state index contributed by atoms with van der Waals surface area (Å²) in [5, 5.41) is 11.0. The van der Waals surface area contributed by atoms with Gasteiger partial charge in [-0.05, 0) is 55.3 Å². The van der Waals surface area contributed by atoms with Gasteiger partial charge in [0.05, 0.1) is 15.4 Å². The van der Waals surface area contributed by atoms with E-state index in [9.17, 15) is 23.3 Å². The van der Waals surface area contributed by atoms with Crippen LogP contribution < -0.4 is 0 Å². The number of para-hydroxylation sites is 1. The van der Waals surface area contributed by atoms with Crippen molar-refractivity contribution in [1.29, 1.82) is 0 Å². The van der Waals surface area contributed by atoms with Gasteiger partial charge in [0.1, 0.15) is 0 Å². The molecule has 146 valence electrons. The number of sulfonamides is 1. The maximum absolute atomic E-state index is 12.6. The Morgan fingerprint density at radius 2 is 1.64 bits per heavy atom. The number of rotatable bonds is 6. The maximum Gasteiger partial charge on any atom is 0.276 e. The summed E-state index contributed by atoms with van der Waals surface area (Å²) < 4.78 is 26.8. The zero-order valence-electron chi connectivity index (χ0n) is 15.2. The van der Waals surface area contributed by atoms with E-state index in [1.54, 1.807) is 18.2 Å². The molecule has 2 aromatic carbocycles. The fraction of sp³-hybridized carbons (Fsp3) is 0.250. The number of hydrogen-bond donors (Lipinski definition) is 0. The van der Waals surface area contributed by atoms with Crippen molar-refractivity contribution >= 4 is 27.6 Å². The first kappa shape index (κ1) is 19.9. The molecule has 0 unspecified atom stereocenters. The van der Waals surface area contributed by atoms with E-state index in [1.165, 1.54) is 46.8 Å². The van der Waals surface area contributed by atoms with Gasteiger partial charge >= 0.3 is 0 Å². The van der Waals surface area contributed by atoms with E-state index in [2.05, 4.69) is 0 Å². The molecule has 1 heterocycles. The molecule has 1 fully saturated rings. The van der Waals surface area contributed by atoms with Gasteiger partial charge in [-0.15, -0.1) is 0 Å². The number of nitrogens with zero attached hydrogens (tertiary/aromatic N) is 2. The molecule has 3 rings (SSSR count). The molecule has 0 atom stereocenters. The van der Waals surface area contributed by atoms with Crippen LogP contribution in [0.1, 0.15) is 35.2 Å². The molecule has 1 saturated heterocycles. The third-order valence-corrected chi connectivity index (χ3v) is 6.55. The number of piperidine rings is 1. The van der Waals surface area contributed by atoms with Gasteiger partial charge in [0.15, 0.2) is 5.78 Å². The molecule has 0 N–H and O–H groups in total. The Hall–Kier alpha value is -2.84. The van der Waals surface area contributed by atoms with Crippen LogP contribution in [0, 0.1) is 10.1 Å². The summed E-state index contributed by atoms with van der Waals surface area (Å²) in [6.07, 6.45) is 5.37. The summed E-state index contributed by atoms with van der Waals surface area (Å²) in [7, 11) is -3.55. The second kappa shape index (κ2) is 8.45. The lowest BCUT2D eigenvalue weighted by atomic mass is 10.1. The number of nitro groups is 1. The van der Waals surface area contributed by atoms with Crippen LogP contribution in [0.4, 0.5) is 5.69 Å². The summed E-state index contributed by atoms with van der Waals surface area (Å²) in [5.74, 6) is -0.361. The highest BCUT2D eigenvalue weighted by atomic mass is 32.2. The van der Waals surface area contributed by atoms with Crippen LogP contribution >= 0.6 is 0 Å². The topological polar surface area (TPSA) is 97.6 Å². The van der Waals surface area contributed by atoms with Crippen molar-refractivity contribution in [1.82, 2.24) is 4.31 Å². The molecule has 0 aliphatic carbocycles. The highest BCUT2D eigenvalue weighted by molar-refractivity contribution is 7.89. The first-order chi connectivity index (χ1) is 13.4. The van der Waals surface area contributed by atoms with Crippen molar-refractivity contribution < 1.29 is 18.1 Å². The minimum Gasteiger partial charge on any atom is -0.289 e. The van der Waals surface area contributed by atoms with E-state index < -0.39 is 14.9 Å². The molecule has 0 saturated carbocycles. The summed E-state index contributed by atoms with van der Waals surface area (Å²) in [6, 6.07) is 11.9. The summed E-state index contributed by atoms with van der Waals surface area (Å²) in [5.41, 5.74) is 0.548. The number of carbonyl (C=O) groups excluding carboxylic acids is 1. The molecular weight excluding hydrogens is 380 g/mol. The molecule has 1 aliphatic rings. The van der Waals surface area contributed by atoms with Gasteiger partial charge in [0.2, 0.25) is 10.0 Å². The largest absolute Gasteiger partial charge is 0.289 e. The van der Waals surface area contributed by atoms with Gasteiger partial charge in [-0.2, -0.15) is 4.31 Å². The fourth-order valence-corrected chi connectivity index (χ4v) is 4.62. The molecule has 0 radical (unpaired) electrons. The van der Waals surface area contributed by atoms with Crippen molar-refractivity contribution in [2.24, 2.45) is 0 Å². The predicted molar refractivity (Wildman–Crippen MR) is 106 cm³/mol. The van der Waals surface area contributed by atoms with Crippen molar-refractivity contribution in [2.45, 2.75) is 24.2 Å². The van der Waals surface area contributed by atoms with Crippen molar-refractivity contribution in [2.75, 3.05) is 13.1 Å². The third-order valence-electron chi connectivity index (χ3n) is 4.64. The SMILES string of the molecule is O=C(/C=C/c1ccccc1[N+](=O)[O-])c1ccc(S(=O)(=O)N2CCCCC2)cc1. The average Bonchev–Trinajstić information content (AvgIpc) is 2.73. The van der Waals surface area contributed by atoms with Gasteiger partial charge < -0.3 is 0 Å². The first-order valence-corrected chi connectivity index (χ1v) is 10.4. The van der Waals surface area contributed by atoms with Crippen LogP contribution in [-0.2, 0) is 10.0 Å². The summed E-state index contributed by atoms with van der Waals surface area (Å²) >= 11 is 0. The quantitative estimate of drug-likeness (QED) is 0.319. The number of benzene rings is 2. The van der Waals surface area contributed by atoms with Gasteiger partial charge in [-0.25, -0.2) is 8.42 Å². The smallest absolute Gasteiger partial charge is 0.276 e. The number of carbonyl (C=O) groups is 1. The lowest BCUT2D eigenvalue weighted by Crippen LogP contribution is -2.35. The Bertz CT molecular complexity index is 1010. The number of hydrogen-bond acceptors (Lipinski definition) is 5. The summed E-state index contributed by atoms with van der Waals surface area (Å²) in [6.45, 7) is 1.03.